The number of benzene rings is 2. The third-order valence-corrected chi connectivity index (χ3v) is 3.80. The minimum absolute atomic E-state index is 0.0106. The number of fused-ring (bicyclic) bond motifs is 3. The number of nitrogens with zero attached hydrogens (tertiary/aromatic N) is 4. The van der Waals surface area contributed by atoms with Gasteiger partial charge >= 0.3 is 0 Å². The first-order chi connectivity index (χ1) is 10.3. The van der Waals surface area contributed by atoms with E-state index in [1.165, 1.54) is 5.56 Å². The maximum absolute atomic E-state index is 4.78. The van der Waals surface area contributed by atoms with Crippen LogP contribution >= 0.6 is 0 Å². The summed E-state index contributed by atoms with van der Waals surface area (Å²) in [5.41, 5.74) is 5.20. The van der Waals surface area contributed by atoms with Crippen LogP contribution in [0.4, 0.5) is 0 Å². The van der Waals surface area contributed by atoms with E-state index in [0.717, 1.165) is 22.6 Å². The lowest BCUT2D eigenvalue weighted by Gasteiger charge is -2.15. The predicted octanol–water partition coefficient (Wildman–Crippen LogP) is 3.10. The van der Waals surface area contributed by atoms with Gasteiger partial charge in [0.05, 0.1) is 17.6 Å². The van der Waals surface area contributed by atoms with Gasteiger partial charge in [0.1, 0.15) is 11.7 Å². The van der Waals surface area contributed by atoms with Crippen molar-refractivity contribution in [1.29, 1.82) is 0 Å². The molecule has 1 aliphatic rings. The molecule has 4 rings (SSSR count). The van der Waals surface area contributed by atoms with Gasteiger partial charge in [-0.1, -0.05) is 53.7 Å². The average molecular weight is 274 g/mol. The van der Waals surface area contributed by atoms with Crippen molar-refractivity contribution in [2.24, 2.45) is 4.99 Å². The van der Waals surface area contributed by atoms with Gasteiger partial charge in [-0.25, -0.2) is 4.68 Å². The summed E-state index contributed by atoms with van der Waals surface area (Å²) in [7, 11) is 0. The van der Waals surface area contributed by atoms with Crippen LogP contribution in [0, 0.1) is 6.92 Å². The molecule has 0 amide bonds. The molecule has 0 bridgehead atoms. The maximum Gasteiger partial charge on any atom is 0.108 e. The highest BCUT2D eigenvalue weighted by Gasteiger charge is 2.22. The molecule has 1 unspecified atom stereocenters. The molecule has 0 aliphatic carbocycles. The molecule has 0 N–H and O–H groups in total. The number of aryl methyl sites for hydroxylation is 1. The van der Waals surface area contributed by atoms with Gasteiger partial charge in [-0.3, -0.25) is 4.99 Å². The first-order valence-electron chi connectivity index (χ1n) is 6.94. The Balaban J connectivity index is 1.98. The van der Waals surface area contributed by atoms with Gasteiger partial charge in [-0.15, -0.1) is 5.10 Å². The molecule has 2 heterocycles. The summed E-state index contributed by atoms with van der Waals surface area (Å²) >= 11 is 0. The number of hydrogen-bond donors (Lipinski definition) is 0. The van der Waals surface area contributed by atoms with E-state index in [2.05, 4.69) is 34.6 Å². The molecule has 4 heteroatoms. The second-order valence-electron chi connectivity index (χ2n) is 5.12. The average Bonchev–Trinajstić information content (AvgIpc) is 2.81. The van der Waals surface area contributed by atoms with E-state index in [0.29, 0.717) is 0 Å². The molecule has 0 saturated carbocycles. The summed E-state index contributed by atoms with van der Waals surface area (Å²) < 4.78 is 1.87. The molecule has 0 saturated heterocycles. The van der Waals surface area contributed by atoms with Crippen LogP contribution in [0.3, 0.4) is 0 Å². The highest BCUT2D eigenvalue weighted by atomic mass is 15.4. The zero-order valence-corrected chi connectivity index (χ0v) is 11.6. The Morgan fingerprint density at radius 3 is 2.57 bits per heavy atom. The fraction of sp³-hybridized carbons (Fsp3) is 0.118. The molecule has 4 nitrogen and oxygen atoms in total. The van der Waals surface area contributed by atoms with Crippen LogP contribution < -0.4 is 0 Å². The molecule has 0 spiro atoms. The van der Waals surface area contributed by atoms with E-state index in [4.69, 9.17) is 4.99 Å². The molecular formula is C17H14N4. The van der Waals surface area contributed by atoms with Crippen LogP contribution in [0.5, 0.6) is 0 Å². The highest BCUT2D eigenvalue weighted by molar-refractivity contribution is 5.81. The number of aromatic nitrogens is 3. The third kappa shape index (κ3) is 1.88. The van der Waals surface area contributed by atoms with E-state index >= 15 is 0 Å². The second kappa shape index (κ2) is 4.66. The zero-order valence-electron chi connectivity index (χ0n) is 11.6. The Morgan fingerprint density at radius 2 is 1.71 bits per heavy atom. The smallest absolute Gasteiger partial charge is 0.108 e. The number of hydrogen-bond acceptors (Lipinski definition) is 3. The van der Waals surface area contributed by atoms with Crippen molar-refractivity contribution < 1.29 is 0 Å². The van der Waals surface area contributed by atoms with E-state index < -0.39 is 0 Å². The molecule has 3 aromatic rings. The topological polar surface area (TPSA) is 43.1 Å². The van der Waals surface area contributed by atoms with Crippen molar-refractivity contribution in [3.05, 3.63) is 77.1 Å². The normalized spacial score (nSPS) is 16.1. The summed E-state index contributed by atoms with van der Waals surface area (Å²) in [4.78, 5) is 4.78. The van der Waals surface area contributed by atoms with Crippen molar-refractivity contribution in [2.75, 3.05) is 0 Å². The quantitative estimate of drug-likeness (QED) is 0.684. The fourth-order valence-electron chi connectivity index (χ4n) is 2.73. The van der Waals surface area contributed by atoms with E-state index in [-0.39, 0.29) is 6.04 Å². The van der Waals surface area contributed by atoms with Gasteiger partial charge in [0.15, 0.2) is 0 Å². The molecule has 102 valence electrons. The summed E-state index contributed by atoms with van der Waals surface area (Å²) in [6.45, 7) is 1.95. The van der Waals surface area contributed by atoms with E-state index in [1.54, 1.807) is 0 Å². The minimum Gasteiger partial charge on any atom is -0.278 e. The fourth-order valence-corrected chi connectivity index (χ4v) is 2.73. The minimum atomic E-state index is -0.0106. The van der Waals surface area contributed by atoms with Gasteiger partial charge in [-0.05, 0) is 18.6 Å². The van der Waals surface area contributed by atoms with Gasteiger partial charge in [-0.2, -0.15) is 0 Å². The van der Waals surface area contributed by atoms with Crippen LogP contribution in [0.1, 0.15) is 28.6 Å². The predicted molar refractivity (Wildman–Crippen MR) is 82.0 cm³/mol. The molecule has 0 fully saturated rings. The van der Waals surface area contributed by atoms with E-state index in [1.807, 2.05) is 48.2 Å². The Labute approximate surface area is 122 Å². The SMILES string of the molecule is Cc1nnn2c1C=NC(c1ccccc1)c1ccccc1-2. The van der Waals surface area contributed by atoms with Gasteiger partial charge in [0.2, 0.25) is 0 Å². The lowest BCUT2D eigenvalue weighted by Crippen LogP contribution is -2.05. The van der Waals surface area contributed by atoms with Crippen LogP contribution in [0.15, 0.2) is 59.6 Å². The molecule has 1 aromatic heterocycles. The van der Waals surface area contributed by atoms with Crippen LogP contribution in [0.25, 0.3) is 5.69 Å². The van der Waals surface area contributed by atoms with Crippen LogP contribution in [-0.2, 0) is 0 Å². The lowest BCUT2D eigenvalue weighted by atomic mass is 9.98. The van der Waals surface area contributed by atoms with Crippen molar-refractivity contribution in [3.8, 4) is 5.69 Å². The number of rotatable bonds is 1. The molecular weight excluding hydrogens is 260 g/mol. The molecule has 0 radical (unpaired) electrons. The monoisotopic (exact) mass is 274 g/mol. The van der Waals surface area contributed by atoms with Crippen LogP contribution in [0.2, 0.25) is 0 Å². The third-order valence-electron chi connectivity index (χ3n) is 3.80. The Kier molecular flexibility index (Phi) is 2.67. The summed E-state index contributed by atoms with van der Waals surface area (Å²) in [6.07, 6.45) is 1.88. The number of para-hydroxylation sites is 1. The maximum atomic E-state index is 4.78. The molecule has 1 atom stereocenters. The highest BCUT2D eigenvalue weighted by Crippen LogP contribution is 2.32. The van der Waals surface area contributed by atoms with Gasteiger partial charge < -0.3 is 0 Å². The Bertz CT molecular complexity index is 818. The summed E-state index contributed by atoms with van der Waals surface area (Å²) in [5, 5.41) is 8.42. The lowest BCUT2D eigenvalue weighted by molar-refractivity contribution is 0.781. The zero-order chi connectivity index (χ0) is 14.2. The largest absolute Gasteiger partial charge is 0.278 e. The summed E-state index contributed by atoms with van der Waals surface area (Å²) in [5.74, 6) is 0. The Morgan fingerprint density at radius 1 is 0.952 bits per heavy atom. The summed E-state index contributed by atoms with van der Waals surface area (Å²) in [6, 6.07) is 18.6. The molecule has 2 aromatic carbocycles. The van der Waals surface area contributed by atoms with Crippen molar-refractivity contribution in [1.82, 2.24) is 15.0 Å². The molecule has 1 aliphatic heterocycles. The standard InChI is InChI=1S/C17H14N4/c1-12-16-11-18-17(13-7-3-2-4-8-13)14-9-5-6-10-15(14)21(16)20-19-12/h2-11,17H,1H3. The van der Waals surface area contributed by atoms with Crippen molar-refractivity contribution in [3.63, 3.8) is 0 Å². The first-order valence-corrected chi connectivity index (χ1v) is 6.94. The van der Waals surface area contributed by atoms with E-state index in [9.17, 15) is 0 Å². The van der Waals surface area contributed by atoms with Crippen molar-refractivity contribution in [2.45, 2.75) is 13.0 Å². The molecule has 21 heavy (non-hydrogen) atoms. The van der Waals surface area contributed by atoms with Gasteiger partial charge in [0, 0.05) is 5.56 Å². The number of aliphatic imine (C=N–C) groups is 1. The Hall–Kier alpha value is -2.75. The first kappa shape index (κ1) is 12.0. The van der Waals surface area contributed by atoms with Crippen LogP contribution in [-0.4, -0.2) is 21.2 Å². The van der Waals surface area contributed by atoms with Gasteiger partial charge in [0.25, 0.3) is 0 Å². The van der Waals surface area contributed by atoms with Crippen molar-refractivity contribution >= 4 is 6.21 Å². The second-order valence-corrected chi connectivity index (χ2v) is 5.12.